The summed E-state index contributed by atoms with van der Waals surface area (Å²) >= 11 is 6.48. The maximum atomic E-state index is 12.3. The summed E-state index contributed by atoms with van der Waals surface area (Å²) in [5, 5.41) is 12.7. The number of imidazole rings is 1. The number of aromatic amines is 1. The van der Waals surface area contributed by atoms with Gasteiger partial charge in [-0.05, 0) is 55.0 Å². The molecule has 0 fully saturated rings. The van der Waals surface area contributed by atoms with Gasteiger partial charge in [-0.2, -0.15) is 5.26 Å². The molecular formula is C26H21ClN4O3. The first kappa shape index (κ1) is 22.9. The van der Waals surface area contributed by atoms with E-state index in [9.17, 15) is 10.1 Å². The number of amides is 1. The van der Waals surface area contributed by atoms with Crippen LogP contribution in [0.3, 0.4) is 0 Å². The Kier molecular flexibility index (Phi) is 7.11. The Hall–Kier alpha value is -4.28. The molecule has 4 aromatic rings. The average molecular weight is 473 g/mol. The number of nitrogens with zero attached hydrogens (tertiary/aromatic N) is 2. The molecule has 0 unspecified atom stereocenters. The number of fused-ring (bicyclic) bond motifs is 1. The van der Waals surface area contributed by atoms with Crippen molar-refractivity contribution in [1.29, 1.82) is 5.26 Å². The highest BCUT2D eigenvalue weighted by molar-refractivity contribution is 6.32. The van der Waals surface area contributed by atoms with Gasteiger partial charge in [0.15, 0.2) is 18.1 Å². The van der Waals surface area contributed by atoms with Crippen molar-refractivity contribution >= 4 is 45.9 Å². The summed E-state index contributed by atoms with van der Waals surface area (Å²) < 4.78 is 11.4. The maximum Gasteiger partial charge on any atom is 0.262 e. The molecule has 8 heteroatoms. The first-order chi connectivity index (χ1) is 16.6. The van der Waals surface area contributed by atoms with Crippen LogP contribution in [0.15, 0.2) is 66.7 Å². The molecule has 2 N–H and O–H groups in total. The highest BCUT2D eigenvalue weighted by Crippen LogP contribution is 2.37. The van der Waals surface area contributed by atoms with E-state index in [-0.39, 0.29) is 23.3 Å². The summed E-state index contributed by atoms with van der Waals surface area (Å²) in [4.78, 5) is 19.9. The fourth-order valence-corrected chi connectivity index (χ4v) is 3.60. The number of nitrogens with one attached hydrogen (secondary N) is 2. The van der Waals surface area contributed by atoms with Gasteiger partial charge in [0.05, 0.1) is 28.2 Å². The summed E-state index contributed by atoms with van der Waals surface area (Å²) in [6.45, 7) is 1.95. The molecule has 1 heterocycles. The lowest BCUT2D eigenvalue weighted by atomic mass is 10.1. The molecular weight excluding hydrogens is 452 g/mol. The number of halogens is 1. The number of allylic oxidation sites excluding steroid dienone is 1. The number of rotatable bonds is 8. The van der Waals surface area contributed by atoms with Gasteiger partial charge in [-0.1, -0.05) is 41.9 Å². The number of carbonyl (C=O) groups is 1. The molecule has 1 amide bonds. The number of H-pyrrole nitrogens is 1. The Morgan fingerprint density at radius 2 is 1.91 bits per heavy atom. The number of benzene rings is 3. The van der Waals surface area contributed by atoms with Gasteiger partial charge in [0.1, 0.15) is 11.9 Å². The molecule has 3 aromatic carbocycles. The van der Waals surface area contributed by atoms with Crippen LogP contribution in [-0.2, 0) is 4.79 Å². The van der Waals surface area contributed by atoms with Crippen LogP contribution in [0.2, 0.25) is 5.02 Å². The average Bonchev–Trinajstić information content (AvgIpc) is 3.27. The van der Waals surface area contributed by atoms with Crippen molar-refractivity contribution in [2.45, 2.75) is 6.92 Å². The minimum absolute atomic E-state index is 0.244. The van der Waals surface area contributed by atoms with Crippen molar-refractivity contribution in [2.75, 3.05) is 18.5 Å². The van der Waals surface area contributed by atoms with Crippen LogP contribution in [-0.4, -0.2) is 29.1 Å². The van der Waals surface area contributed by atoms with Gasteiger partial charge < -0.3 is 19.8 Å². The first-order valence-corrected chi connectivity index (χ1v) is 11.0. The molecule has 1 aromatic heterocycles. The third-order valence-electron chi connectivity index (χ3n) is 4.81. The van der Waals surface area contributed by atoms with Crippen molar-refractivity contribution < 1.29 is 14.3 Å². The van der Waals surface area contributed by atoms with Crippen LogP contribution < -0.4 is 14.8 Å². The van der Waals surface area contributed by atoms with E-state index in [0.717, 1.165) is 11.0 Å². The second-order valence-electron chi connectivity index (χ2n) is 7.24. The van der Waals surface area contributed by atoms with Crippen LogP contribution in [0.1, 0.15) is 18.3 Å². The molecule has 0 saturated carbocycles. The van der Waals surface area contributed by atoms with Crippen LogP contribution in [0, 0.1) is 11.3 Å². The minimum Gasteiger partial charge on any atom is -0.490 e. The summed E-state index contributed by atoms with van der Waals surface area (Å²) in [5.74, 6) is 0.753. The molecule has 170 valence electrons. The zero-order valence-corrected chi connectivity index (χ0v) is 19.1. The van der Waals surface area contributed by atoms with Crippen LogP contribution in [0.5, 0.6) is 11.5 Å². The second kappa shape index (κ2) is 10.6. The molecule has 4 rings (SSSR count). The minimum atomic E-state index is -0.328. The van der Waals surface area contributed by atoms with Gasteiger partial charge in [0.25, 0.3) is 5.91 Å². The molecule has 0 radical (unpaired) electrons. The van der Waals surface area contributed by atoms with E-state index in [1.807, 2.05) is 49.4 Å². The van der Waals surface area contributed by atoms with Gasteiger partial charge in [-0.3, -0.25) is 4.79 Å². The molecule has 34 heavy (non-hydrogen) atoms. The zero-order chi connectivity index (χ0) is 23.9. The lowest BCUT2D eigenvalue weighted by molar-refractivity contribution is -0.118. The normalized spacial score (nSPS) is 11.1. The van der Waals surface area contributed by atoms with Gasteiger partial charge in [-0.25, -0.2) is 4.98 Å². The fraction of sp³-hybridized carbons (Fsp3) is 0.115. The topological polar surface area (TPSA) is 100 Å². The Labute approximate surface area is 201 Å². The number of carbonyl (C=O) groups excluding carboxylic acids is 1. The molecule has 0 spiro atoms. The molecule has 0 bridgehead atoms. The Bertz CT molecular complexity index is 1360. The van der Waals surface area contributed by atoms with Crippen molar-refractivity contribution in [3.8, 4) is 17.6 Å². The Morgan fingerprint density at radius 1 is 1.15 bits per heavy atom. The predicted molar refractivity (Wildman–Crippen MR) is 133 cm³/mol. The first-order valence-electron chi connectivity index (χ1n) is 10.6. The lowest BCUT2D eigenvalue weighted by Gasteiger charge is -2.14. The standard InChI is InChI=1S/C26H21ClN4O3/c1-2-33-23-14-17(12-18(15-28)26-30-21-10-6-7-11-22(21)31-26)13-20(27)25(23)34-16-24(32)29-19-8-4-3-5-9-19/h3-14H,2,16H2,1H3,(H,29,32)(H,30,31)/b18-12+. The van der Waals surface area contributed by atoms with Crippen LogP contribution >= 0.6 is 11.6 Å². The smallest absolute Gasteiger partial charge is 0.262 e. The van der Waals surface area contributed by atoms with Crippen molar-refractivity contribution in [3.05, 3.63) is 83.1 Å². The van der Waals surface area contributed by atoms with E-state index in [2.05, 4.69) is 21.4 Å². The monoisotopic (exact) mass is 472 g/mol. The maximum absolute atomic E-state index is 12.3. The Balaban J connectivity index is 1.57. The van der Waals surface area contributed by atoms with Crippen molar-refractivity contribution in [2.24, 2.45) is 0 Å². The number of anilines is 1. The SMILES string of the molecule is CCOc1cc(/C=C(\C#N)c2nc3ccccc3[nH]2)cc(Cl)c1OCC(=O)Nc1ccccc1. The number of ether oxygens (including phenoxy) is 2. The predicted octanol–water partition coefficient (Wildman–Crippen LogP) is 5.70. The highest BCUT2D eigenvalue weighted by atomic mass is 35.5. The van der Waals surface area contributed by atoms with Crippen LogP contribution in [0.4, 0.5) is 5.69 Å². The summed E-state index contributed by atoms with van der Waals surface area (Å²) in [7, 11) is 0. The summed E-state index contributed by atoms with van der Waals surface area (Å²) in [6.07, 6.45) is 1.66. The largest absolute Gasteiger partial charge is 0.490 e. The van der Waals surface area contributed by atoms with E-state index < -0.39 is 0 Å². The number of hydrogen-bond acceptors (Lipinski definition) is 5. The van der Waals surface area contributed by atoms with Gasteiger partial charge in [0.2, 0.25) is 0 Å². The molecule has 7 nitrogen and oxygen atoms in total. The van der Waals surface area contributed by atoms with Gasteiger partial charge in [0, 0.05) is 5.69 Å². The van der Waals surface area contributed by atoms with E-state index in [1.165, 1.54) is 0 Å². The van der Waals surface area contributed by atoms with Gasteiger partial charge in [-0.15, -0.1) is 0 Å². The van der Waals surface area contributed by atoms with Crippen molar-refractivity contribution in [3.63, 3.8) is 0 Å². The molecule has 0 saturated heterocycles. The zero-order valence-electron chi connectivity index (χ0n) is 18.3. The van der Waals surface area contributed by atoms with E-state index in [4.69, 9.17) is 21.1 Å². The highest BCUT2D eigenvalue weighted by Gasteiger charge is 2.15. The van der Waals surface area contributed by atoms with Crippen LogP contribution in [0.25, 0.3) is 22.7 Å². The van der Waals surface area contributed by atoms with Gasteiger partial charge >= 0.3 is 0 Å². The number of aromatic nitrogens is 2. The van der Waals surface area contributed by atoms with Crippen molar-refractivity contribution in [1.82, 2.24) is 9.97 Å². The Morgan fingerprint density at radius 3 is 2.65 bits per heavy atom. The number of nitriles is 1. The molecule has 0 aliphatic rings. The molecule has 0 atom stereocenters. The molecule has 0 aliphatic heterocycles. The third-order valence-corrected chi connectivity index (χ3v) is 5.09. The number of para-hydroxylation sites is 3. The third kappa shape index (κ3) is 5.37. The summed E-state index contributed by atoms with van der Waals surface area (Å²) in [5.41, 5.74) is 3.24. The quantitative estimate of drug-likeness (QED) is 0.320. The van der Waals surface area contributed by atoms with E-state index in [1.54, 1.807) is 30.3 Å². The summed E-state index contributed by atoms with van der Waals surface area (Å²) in [6, 6.07) is 22.2. The van der Waals surface area contributed by atoms with E-state index in [0.29, 0.717) is 35.0 Å². The van der Waals surface area contributed by atoms with E-state index >= 15 is 0 Å². The lowest BCUT2D eigenvalue weighted by Crippen LogP contribution is -2.20. The number of hydrogen-bond donors (Lipinski definition) is 2. The second-order valence-corrected chi connectivity index (χ2v) is 7.65. The molecule has 0 aliphatic carbocycles. The fourth-order valence-electron chi connectivity index (χ4n) is 3.33.